The standard InChI is InChI=1S/C13H19NO3/c1-13(2,9-15)8-14-7-10-5-3-4-6-11(10)12(16)17/h3-6,14-15H,7-9H2,1-2H3,(H,16,17). The van der Waals surface area contributed by atoms with E-state index < -0.39 is 5.97 Å². The molecule has 3 N–H and O–H groups in total. The third-order valence-corrected chi connectivity index (χ3v) is 2.59. The van der Waals surface area contributed by atoms with Gasteiger partial charge in [-0.25, -0.2) is 4.79 Å². The van der Waals surface area contributed by atoms with E-state index in [4.69, 9.17) is 10.2 Å². The van der Waals surface area contributed by atoms with E-state index in [9.17, 15) is 4.79 Å². The van der Waals surface area contributed by atoms with Gasteiger partial charge in [0, 0.05) is 25.1 Å². The predicted molar refractivity (Wildman–Crippen MR) is 66.0 cm³/mol. The lowest BCUT2D eigenvalue weighted by atomic mass is 9.95. The van der Waals surface area contributed by atoms with Gasteiger partial charge in [0.25, 0.3) is 0 Å². The summed E-state index contributed by atoms with van der Waals surface area (Å²) < 4.78 is 0. The summed E-state index contributed by atoms with van der Waals surface area (Å²) in [7, 11) is 0. The van der Waals surface area contributed by atoms with E-state index in [-0.39, 0.29) is 12.0 Å². The molecule has 0 aliphatic rings. The largest absolute Gasteiger partial charge is 0.478 e. The van der Waals surface area contributed by atoms with Gasteiger partial charge in [0.05, 0.1) is 5.56 Å². The summed E-state index contributed by atoms with van der Waals surface area (Å²) >= 11 is 0. The highest BCUT2D eigenvalue weighted by Crippen LogP contribution is 2.13. The molecule has 0 saturated carbocycles. The quantitative estimate of drug-likeness (QED) is 0.701. The van der Waals surface area contributed by atoms with E-state index in [1.165, 1.54) is 0 Å². The van der Waals surface area contributed by atoms with Crippen molar-refractivity contribution >= 4 is 5.97 Å². The second kappa shape index (κ2) is 5.80. The van der Waals surface area contributed by atoms with Gasteiger partial charge in [0.2, 0.25) is 0 Å². The summed E-state index contributed by atoms with van der Waals surface area (Å²) in [6, 6.07) is 6.92. The van der Waals surface area contributed by atoms with Crippen molar-refractivity contribution in [2.45, 2.75) is 20.4 Å². The van der Waals surface area contributed by atoms with Crippen molar-refractivity contribution in [3.63, 3.8) is 0 Å². The molecule has 0 amide bonds. The Labute approximate surface area is 101 Å². The van der Waals surface area contributed by atoms with E-state index in [2.05, 4.69) is 5.32 Å². The second-order valence-corrected chi connectivity index (χ2v) is 4.89. The lowest BCUT2D eigenvalue weighted by molar-refractivity contribution is 0.0695. The van der Waals surface area contributed by atoms with Crippen LogP contribution in [0.5, 0.6) is 0 Å². The van der Waals surface area contributed by atoms with Crippen molar-refractivity contribution in [2.24, 2.45) is 5.41 Å². The molecule has 4 heteroatoms. The van der Waals surface area contributed by atoms with Crippen LogP contribution in [0.4, 0.5) is 0 Å². The predicted octanol–water partition coefficient (Wildman–Crippen LogP) is 1.49. The summed E-state index contributed by atoms with van der Waals surface area (Å²) in [5.74, 6) is -0.913. The van der Waals surface area contributed by atoms with Gasteiger partial charge in [-0.3, -0.25) is 0 Å². The molecule has 0 spiro atoms. The third-order valence-electron chi connectivity index (χ3n) is 2.59. The molecule has 94 valence electrons. The second-order valence-electron chi connectivity index (χ2n) is 4.89. The number of carbonyl (C=O) groups is 1. The van der Waals surface area contributed by atoms with Gasteiger partial charge in [0.1, 0.15) is 0 Å². The van der Waals surface area contributed by atoms with Crippen LogP contribution in [0.15, 0.2) is 24.3 Å². The van der Waals surface area contributed by atoms with Gasteiger partial charge < -0.3 is 15.5 Å². The maximum absolute atomic E-state index is 11.0. The molecule has 0 radical (unpaired) electrons. The first kappa shape index (κ1) is 13.7. The summed E-state index contributed by atoms with van der Waals surface area (Å²) in [6.07, 6.45) is 0. The number of benzene rings is 1. The molecule has 0 saturated heterocycles. The van der Waals surface area contributed by atoms with Gasteiger partial charge >= 0.3 is 5.97 Å². The molecule has 1 aromatic rings. The van der Waals surface area contributed by atoms with Crippen LogP contribution in [-0.4, -0.2) is 29.3 Å². The van der Waals surface area contributed by atoms with Crippen LogP contribution in [0.25, 0.3) is 0 Å². The van der Waals surface area contributed by atoms with E-state index in [1.54, 1.807) is 18.2 Å². The maximum Gasteiger partial charge on any atom is 0.336 e. The minimum absolute atomic E-state index is 0.0978. The van der Waals surface area contributed by atoms with Crippen LogP contribution in [0, 0.1) is 5.41 Å². The first-order valence-corrected chi connectivity index (χ1v) is 5.59. The van der Waals surface area contributed by atoms with Crippen LogP contribution in [-0.2, 0) is 6.54 Å². The fourth-order valence-electron chi connectivity index (χ4n) is 1.47. The average molecular weight is 237 g/mol. The van der Waals surface area contributed by atoms with Crippen molar-refractivity contribution in [3.8, 4) is 0 Å². The molecule has 4 nitrogen and oxygen atoms in total. The molecule has 0 heterocycles. The van der Waals surface area contributed by atoms with Gasteiger partial charge in [-0.15, -0.1) is 0 Å². The highest BCUT2D eigenvalue weighted by atomic mass is 16.4. The topological polar surface area (TPSA) is 69.6 Å². The Hall–Kier alpha value is -1.39. The number of aliphatic hydroxyl groups excluding tert-OH is 1. The first-order valence-electron chi connectivity index (χ1n) is 5.59. The van der Waals surface area contributed by atoms with Crippen molar-refractivity contribution in [2.75, 3.05) is 13.2 Å². The SMILES string of the molecule is CC(C)(CO)CNCc1ccccc1C(=O)O. The lowest BCUT2D eigenvalue weighted by Crippen LogP contribution is -2.32. The number of hydrogen-bond acceptors (Lipinski definition) is 3. The number of rotatable bonds is 6. The van der Waals surface area contributed by atoms with E-state index >= 15 is 0 Å². The van der Waals surface area contributed by atoms with Crippen LogP contribution in [0.2, 0.25) is 0 Å². The molecule has 0 aliphatic carbocycles. The number of aliphatic hydroxyl groups is 1. The molecule has 0 unspecified atom stereocenters. The summed E-state index contributed by atoms with van der Waals surface area (Å²) in [6.45, 7) is 5.12. The molecule has 1 rings (SSSR count). The smallest absolute Gasteiger partial charge is 0.336 e. The zero-order chi connectivity index (χ0) is 12.9. The average Bonchev–Trinajstić information content (AvgIpc) is 2.29. The molecule has 1 aromatic carbocycles. The fraction of sp³-hybridized carbons (Fsp3) is 0.462. The number of nitrogens with one attached hydrogen (secondary N) is 1. The minimum atomic E-state index is -0.913. The lowest BCUT2D eigenvalue weighted by Gasteiger charge is -2.22. The van der Waals surface area contributed by atoms with Gasteiger partial charge in [-0.1, -0.05) is 32.0 Å². The summed E-state index contributed by atoms with van der Waals surface area (Å²) in [5, 5.41) is 21.3. The Bertz CT molecular complexity index is 388. The highest BCUT2D eigenvalue weighted by Gasteiger charge is 2.16. The third kappa shape index (κ3) is 4.17. The van der Waals surface area contributed by atoms with Crippen LogP contribution in [0.3, 0.4) is 0 Å². The Morgan fingerprint density at radius 1 is 1.35 bits per heavy atom. The normalized spacial score (nSPS) is 11.5. The van der Waals surface area contributed by atoms with Crippen molar-refractivity contribution in [1.82, 2.24) is 5.32 Å². The van der Waals surface area contributed by atoms with Crippen LogP contribution < -0.4 is 5.32 Å². The Balaban J connectivity index is 2.61. The summed E-state index contributed by atoms with van der Waals surface area (Å²) in [4.78, 5) is 11.0. The number of hydrogen-bond donors (Lipinski definition) is 3. The van der Waals surface area contributed by atoms with Crippen LogP contribution >= 0.6 is 0 Å². The zero-order valence-electron chi connectivity index (χ0n) is 10.2. The fourth-order valence-corrected chi connectivity index (χ4v) is 1.47. The molecule has 0 fully saturated rings. The monoisotopic (exact) mass is 237 g/mol. The Morgan fingerprint density at radius 2 is 2.00 bits per heavy atom. The Morgan fingerprint density at radius 3 is 2.59 bits per heavy atom. The molecule has 0 atom stereocenters. The van der Waals surface area contributed by atoms with Crippen molar-refractivity contribution in [3.05, 3.63) is 35.4 Å². The molecule has 0 aliphatic heterocycles. The molecular formula is C13H19NO3. The molecule has 17 heavy (non-hydrogen) atoms. The van der Waals surface area contributed by atoms with Crippen molar-refractivity contribution < 1.29 is 15.0 Å². The van der Waals surface area contributed by atoms with E-state index in [0.29, 0.717) is 18.7 Å². The first-order chi connectivity index (χ1) is 7.96. The summed E-state index contributed by atoms with van der Waals surface area (Å²) in [5.41, 5.74) is 0.883. The van der Waals surface area contributed by atoms with Gasteiger partial charge in [-0.05, 0) is 11.6 Å². The highest BCUT2D eigenvalue weighted by molar-refractivity contribution is 5.89. The van der Waals surface area contributed by atoms with Crippen molar-refractivity contribution in [1.29, 1.82) is 0 Å². The molecule has 0 aromatic heterocycles. The van der Waals surface area contributed by atoms with E-state index in [0.717, 1.165) is 5.56 Å². The van der Waals surface area contributed by atoms with E-state index in [1.807, 2.05) is 19.9 Å². The van der Waals surface area contributed by atoms with Gasteiger partial charge in [-0.2, -0.15) is 0 Å². The zero-order valence-corrected chi connectivity index (χ0v) is 10.2. The van der Waals surface area contributed by atoms with Gasteiger partial charge in [0.15, 0.2) is 0 Å². The maximum atomic E-state index is 11.0. The Kier molecular flexibility index (Phi) is 4.66. The van der Waals surface area contributed by atoms with Crippen LogP contribution in [0.1, 0.15) is 29.8 Å². The number of carboxylic acid groups (broad SMARTS) is 1. The number of aromatic carboxylic acids is 1. The molecule has 0 bridgehead atoms. The number of carboxylic acids is 1. The minimum Gasteiger partial charge on any atom is -0.478 e. The molecular weight excluding hydrogens is 218 g/mol.